The smallest absolute Gasteiger partial charge is 0.416 e. The number of alkyl halides is 3. The summed E-state index contributed by atoms with van der Waals surface area (Å²) in [7, 11) is 0. The summed E-state index contributed by atoms with van der Waals surface area (Å²) in [6, 6.07) is 21.0. The van der Waals surface area contributed by atoms with Crippen molar-refractivity contribution >= 4 is 17.7 Å². The third kappa shape index (κ3) is 6.25. The van der Waals surface area contributed by atoms with Crippen molar-refractivity contribution in [3.05, 3.63) is 102 Å². The van der Waals surface area contributed by atoms with E-state index in [9.17, 15) is 27.6 Å². The third-order valence-electron chi connectivity index (χ3n) is 7.08. The number of benzene rings is 3. The van der Waals surface area contributed by atoms with Crippen molar-refractivity contribution in [2.24, 2.45) is 11.8 Å². The predicted octanol–water partition coefficient (Wildman–Crippen LogP) is 6.05. The van der Waals surface area contributed by atoms with Gasteiger partial charge in [0.15, 0.2) is 12.4 Å². The predicted molar refractivity (Wildman–Crippen MR) is 138 cm³/mol. The maximum atomic E-state index is 13.0. The number of hydrogen-bond acceptors (Lipinski definition) is 6. The molecule has 0 radical (unpaired) electrons. The number of halogens is 3. The van der Waals surface area contributed by atoms with E-state index in [2.05, 4.69) is 0 Å². The number of carbonyl (C=O) groups is 3. The van der Waals surface area contributed by atoms with Gasteiger partial charge in [0.05, 0.1) is 17.5 Å². The Kier molecular flexibility index (Phi) is 7.73. The SMILES string of the molecule is O=C(/C=C/[C@@H]1[C@H]2CC(=O)O[C@H]2C[C@H]1OC(=O)c1ccc(-c2ccccc2)cc1)COc1cccc(C(F)(F)F)c1. The van der Waals surface area contributed by atoms with Crippen LogP contribution in [-0.4, -0.2) is 36.5 Å². The Labute approximate surface area is 228 Å². The first-order valence-electron chi connectivity index (χ1n) is 12.7. The summed E-state index contributed by atoms with van der Waals surface area (Å²) >= 11 is 0. The molecule has 1 saturated heterocycles. The van der Waals surface area contributed by atoms with Crippen molar-refractivity contribution in [3.63, 3.8) is 0 Å². The Morgan fingerprint density at radius 3 is 2.40 bits per heavy atom. The summed E-state index contributed by atoms with van der Waals surface area (Å²) in [5, 5.41) is 0. The Balaban J connectivity index is 1.23. The second-order valence-corrected chi connectivity index (χ2v) is 9.74. The molecule has 0 spiro atoms. The first kappa shape index (κ1) is 27.2. The van der Waals surface area contributed by atoms with Crippen LogP contribution in [0.3, 0.4) is 0 Å². The Morgan fingerprint density at radius 2 is 1.68 bits per heavy atom. The molecule has 5 rings (SSSR count). The number of esters is 2. The minimum atomic E-state index is -4.53. The minimum absolute atomic E-state index is 0.0858. The zero-order valence-corrected chi connectivity index (χ0v) is 21.2. The van der Waals surface area contributed by atoms with E-state index >= 15 is 0 Å². The average molecular weight is 551 g/mol. The van der Waals surface area contributed by atoms with Gasteiger partial charge in [-0.3, -0.25) is 9.59 Å². The van der Waals surface area contributed by atoms with Crippen LogP contribution < -0.4 is 4.74 Å². The Hall–Kier alpha value is -4.40. The summed E-state index contributed by atoms with van der Waals surface area (Å²) in [5.41, 5.74) is 1.45. The number of hydrogen-bond donors (Lipinski definition) is 0. The van der Waals surface area contributed by atoms with E-state index in [-0.39, 0.29) is 24.1 Å². The van der Waals surface area contributed by atoms with Gasteiger partial charge in [-0.25, -0.2) is 4.79 Å². The fourth-order valence-electron chi connectivity index (χ4n) is 5.11. The molecule has 9 heteroatoms. The lowest BCUT2D eigenvalue weighted by atomic mass is 9.91. The topological polar surface area (TPSA) is 78.9 Å². The highest BCUT2D eigenvalue weighted by atomic mass is 19.4. The highest BCUT2D eigenvalue weighted by Crippen LogP contribution is 2.43. The van der Waals surface area contributed by atoms with E-state index in [1.807, 2.05) is 42.5 Å². The summed E-state index contributed by atoms with van der Waals surface area (Å²) in [5.74, 6) is -2.19. The van der Waals surface area contributed by atoms with E-state index in [0.717, 1.165) is 23.3 Å². The van der Waals surface area contributed by atoms with Crippen molar-refractivity contribution in [1.29, 1.82) is 0 Å². The van der Waals surface area contributed by atoms with E-state index in [4.69, 9.17) is 14.2 Å². The first-order valence-corrected chi connectivity index (χ1v) is 12.7. The molecule has 0 bridgehead atoms. The number of carbonyl (C=O) groups excluding carboxylic acids is 3. The second-order valence-electron chi connectivity index (χ2n) is 9.74. The lowest BCUT2D eigenvalue weighted by Crippen LogP contribution is -2.25. The van der Waals surface area contributed by atoms with Crippen LogP contribution in [0.2, 0.25) is 0 Å². The quantitative estimate of drug-likeness (QED) is 0.251. The molecule has 0 unspecified atom stereocenters. The summed E-state index contributed by atoms with van der Waals surface area (Å²) < 4.78 is 55.2. The fourth-order valence-corrected chi connectivity index (χ4v) is 5.11. The van der Waals surface area contributed by atoms with Gasteiger partial charge in [-0.15, -0.1) is 0 Å². The van der Waals surface area contributed by atoms with Gasteiger partial charge >= 0.3 is 18.1 Å². The molecule has 2 fully saturated rings. The van der Waals surface area contributed by atoms with Crippen molar-refractivity contribution < 1.29 is 41.8 Å². The fraction of sp³-hybridized carbons (Fsp3) is 0.258. The highest BCUT2D eigenvalue weighted by molar-refractivity contribution is 5.91. The van der Waals surface area contributed by atoms with Crippen LogP contribution >= 0.6 is 0 Å². The van der Waals surface area contributed by atoms with Crippen molar-refractivity contribution in [2.45, 2.75) is 31.2 Å². The molecule has 3 aromatic carbocycles. The molecule has 4 atom stereocenters. The van der Waals surface area contributed by atoms with Crippen molar-refractivity contribution in [2.75, 3.05) is 6.61 Å². The van der Waals surface area contributed by atoms with Gasteiger partial charge in [0, 0.05) is 18.3 Å². The number of fused-ring (bicyclic) bond motifs is 1. The summed E-state index contributed by atoms with van der Waals surface area (Å²) in [6.07, 6.45) is -2.34. The van der Waals surface area contributed by atoms with Crippen molar-refractivity contribution in [1.82, 2.24) is 0 Å². The lowest BCUT2D eigenvalue weighted by molar-refractivity contribution is -0.142. The number of rotatable bonds is 8. The zero-order chi connectivity index (χ0) is 28.3. The van der Waals surface area contributed by atoms with Gasteiger partial charge < -0.3 is 14.2 Å². The Morgan fingerprint density at radius 1 is 0.950 bits per heavy atom. The molecule has 206 valence electrons. The second kappa shape index (κ2) is 11.4. The zero-order valence-electron chi connectivity index (χ0n) is 21.2. The maximum Gasteiger partial charge on any atom is 0.416 e. The van der Waals surface area contributed by atoms with Crippen LogP contribution in [-0.2, 0) is 25.2 Å². The van der Waals surface area contributed by atoms with Gasteiger partial charge in [-0.2, -0.15) is 13.2 Å². The molecule has 1 heterocycles. The molecule has 0 N–H and O–H groups in total. The molecule has 0 aromatic heterocycles. The summed E-state index contributed by atoms with van der Waals surface area (Å²) in [4.78, 5) is 37.3. The molecule has 0 amide bonds. The molecule has 6 nitrogen and oxygen atoms in total. The normalized spacial score (nSPS) is 22.1. The Bertz CT molecular complexity index is 1410. The van der Waals surface area contributed by atoms with Crippen molar-refractivity contribution in [3.8, 4) is 16.9 Å². The van der Waals surface area contributed by atoms with Gasteiger partial charge in [0.2, 0.25) is 0 Å². The minimum Gasteiger partial charge on any atom is -0.485 e. The largest absolute Gasteiger partial charge is 0.485 e. The molecule has 2 aliphatic rings. The lowest BCUT2D eigenvalue weighted by Gasteiger charge is -2.20. The highest BCUT2D eigenvalue weighted by Gasteiger charge is 2.50. The number of ketones is 1. The van der Waals surface area contributed by atoms with Crippen LogP contribution in [0.4, 0.5) is 13.2 Å². The molecule has 1 saturated carbocycles. The van der Waals surface area contributed by atoms with Crippen LogP contribution in [0.15, 0.2) is 91.0 Å². The third-order valence-corrected chi connectivity index (χ3v) is 7.08. The van der Waals surface area contributed by atoms with Gasteiger partial charge in [0.25, 0.3) is 0 Å². The summed E-state index contributed by atoms with van der Waals surface area (Å²) in [6.45, 7) is -0.480. The monoisotopic (exact) mass is 550 g/mol. The van der Waals surface area contributed by atoms with Gasteiger partial charge in [-0.05, 0) is 47.5 Å². The molecular formula is C31H25F3O6. The first-order chi connectivity index (χ1) is 19.2. The average Bonchev–Trinajstić information content (AvgIpc) is 3.46. The molecule has 1 aliphatic carbocycles. The standard InChI is InChI=1S/C31H25F3O6/c32-31(33,34)22-7-4-8-24(15-22)38-18-23(35)13-14-25-26-16-29(36)39-28(26)17-27(25)40-30(37)21-11-9-20(10-12-21)19-5-2-1-3-6-19/h1-15,25-28H,16-18H2/b14-13+/t25-,26-,27-,28+/m1/s1. The maximum absolute atomic E-state index is 13.0. The van der Waals surface area contributed by atoms with E-state index in [1.54, 1.807) is 18.2 Å². The van der Waals surface area contributed by atoms with Crippen LogP contribution in [0.5, 0.6) is 5.75 Å². The molecule has 3 aromatic rings. The van der Waals surface area contributed by atoms with Gasteiger partial charge in [-0.1, -0.05) is 54.6 Å². The van der Waals surface area contributed by atoms with E-state index in [1.165, 1.54) is 18.2 Å². The van der Waals surface area contributed by atoms with Gasteiger partial charge in [0.1, 0.15) is 18.0 Å². The molecule has 1 aliphatic heterocycles. The molecule has 40 heavy (non-hydrogen) atoms. The van der Waals surface area contributed by atoms with E-state index < -0.39 is 48.2 Å². The van der Waals surface area contributed by atoms with Crippen LogP contribution in [0.1, 0.15) is 28.8 Å². The number of ether oxygens (including phenoxy) is 3. The van der Waals surface area contributed by atoms with Crippen LogP contribution in [0, 0.1) is 11.8 Å². The molecular weight excluding hydrogens is 525 g/mol. The van der Waals surface area contributed by atoms with Crippen LogP contribution in [0.25, 0.3) is 11.1 Å². The van der Waals surface area contributed by atoms with E-state index in [0.29, 0.717) is 12.0 Å².